The SMILES string of the molecule is CN1CCN(c2nc3ccc(Cl)cc3n3cccc23)CC1. The molecule has 3 heterocycles. The first-order valence-electron chi connectivity index (χ1n) is 7.22. The van der Waals surface area contributed by atoms with Crippen molar-refractivity contribution < 1.29 is 0 Å². The molecule has 0 N–H and O–H groups in total. The first-order chi connectivity index (χ1) is 10.2. The minimum atomic E-state index is 0.742. The molecule has 1 aromatic carbocycles. The lowest BCUT2D eigenvalue weighted by Crippen LogP contribution is -2.45. The summed E-state index contributed by atoms with van der Waals surface area (Å²) in [5.74, 6) is 1.07. The molecule has 108 valence electrons. The summed E-state index contributed by atoms with van der Waals surface area (Å²) in [5, 5.41) is 0.742. The minimum absolute atomic E-state index is 0.742. The van der Waals surface area contributed by atoms with E-state index in [1.807, 2.05) is 18.2 Å². The quantitative estimate of drug-likeness (QED) is 0.690. The normalized spacial score (nSPS) is 17.0. The summed E-state index contributed by atoms with van der Waals surface area (Å²) in [7, 11) is 2.17. The number of piperazine rings is 1. The Bertz CT molecular complexity index is 802. The molecule has 5 heteroatoms. The lowest BCUT2D eigenvalue weighted by Gasteiger charge is -2.33. The zero-order valence-corrected chi connectivity index (χ0v) is 12.7. The lowest BCUT2D eigenvalue weighted by molar-refractivity contribution is 0.312. The topological polar surface area (TPSA) is 23.8 Å². The van der Waals surface area contributed by atoms with Crippen molar-refractivity contribution >= 4 is 34.0 Å². The zero-order valence-electron chi connectivity index (χ0n) is 12.0. The summed E-state index contributed by atoms with van der Waals surface area (Å²) >= 11 is 6.13. The van der Waals surface area contributed by atoms with E-state index in [2.05, 4.69) is 39.6 Å². The Morgan fingerprint density at radius 2 is 1.86 bits per heavy atom. The van der Waals surface area contributed by atoms with Crippen molar-refractivity contribution in [2.24, 2.45) is 0 Å². The molecule has 1 fully saturated rings. The number of aromatic nitrogens is 2. The van der Waals surface area contributed by atoms with E-state index in [9.17, 15) is 0 Å². The third-order valence-electron chi connectivity index (χ3n) is 4.20. The van der Waals surface area contributed by atoms with Crippen LogP contribution in [0.1, 0.15) is 0 Å². The summed E-state index contributed by atoms with van der Waals surface area (Å²) in [6.07, 6.45) is 2.08. The number of anilines is 1. The van der Waals surface area contributed by atoms with Crippen LogP contribution in [0.5, 0.6) is 0 Å². The van der Waals surface area contributed by atoms with Gasteiger partial charge >= 0.3 is 0 Å². The highest BCUT2D eigenvalue weighted by atomic mass is 35.5. The van der Waals surface area contributed by atoms with Gasteiger partial charge in [-0.25, -0.2) is 4.98 Å². The average molecular weight is 301 g/mol. The number of rotatable bonds is 1. The largest absolute Gasteiger partial charge is 0.352 e. The van der Waals surface area contributed by atoms with Gasteiger partial charge in [-0.2, -0.15) is 0 Å². The Morgan fingerprint density at radius 3 is 2.67 bits per heavy atom. The molecule has 1 aliphatic heterocycles. The predicted molar refractivity (Wildman–Crippen MR) is 87.4 cm³/mol. The summed E-state index contributed by atoms with van der Waals surface area (Å²) < 4.78 is 2.18. The van der Waals surface area contributed by atoms with E-state index in [-0.39, 0.29) is 0 Å². The van der Waals surface area contributed by atoms with Gasteiger partial charge in [0, 0.05) is 37.4 Å². The van der Waals surface area contributed by atoms with Gasteiger partial charge in [0.05, 0.1) is 16.6 Å². The molecule has 0 aliphatic carbocycles. The minimum Gasteiger partial charge on any atom is -0.352 e. The van der Waals surface area contributed by atoms with Crippen molar-refractivity contribution in [2.75, 3.05) is 38.1 Å². The summed E-state index contributed by atoms with van der Waals surface area (Å²) in [5.41, 5.74) is 3.19. The van der Waals surface area contributed by atoms with Crippen molar-refractivity contribution in [3.8, 4) is 0 Å². The van der Waals surface area contributed by atoms with Crippen LogP contribution < -0.4 is 4.90 Å². The second-order valence-electron chi connectivity index (χ2n) is 5.62. The van der Waals surface area contributed by atoms with Crippen molar-refractivity contribution in [2.45, 2.75) is 0 Å². The Hall–Kier alpha value is -1.78. The smallest absolute Gasteiger partial charge is 0.153 e. The summed E-state index contributed by atoms with van der Waals surface area (Å²) in [6.45, 7) is 4.19. The van der Waals surface area contributed by atoms with Crippen molar-refractivity contribution in [3.05, 3.63) is 41.6 Å². The molecule has 0 bridgehead atoms. The number of nitrogens with zero attached hydrogens (tertiary/aromatic N) is 4. The van der Waals surface area contributed by atoms with Crippen molar-refractivity contribution in [1.29, 1.82) is 0 Å². The number of benzene rings is 1. The molecule has 1 aliphatic rings. The van der Waals surface area contributed by atoms with E-state index in [1.165, 1.54) is 0 Å². The number of fused-ring (bicyclic) bond motifs is 3. The van der Waals surface area contributed by atoms with Gasteiger partial charge < -0.3 is 14.2 Å². The molecule has 21 heavy (non-hydrogen) atoms. The van der Waals surface area contributed by atoms with E-state index >= 15 is 0 Å². The fourth-order valence-corrected chi connectivity index (χ4v) is 3.15. The average Bonchev–Trinajstić information content (AvgIpc) is 2.97. The molecular formula is C16H17ClN4. The maximum atomic E-state index is 6.13. The second-order valence-corrected chi connectivity index (χ2v) is 6.06. The number of hydrogen-bond donors (Lipinski definition) is 0. The number of hydrogen-bond acceptors (Lipinski definition) is 3. The van der Waals surface area contributed by atoms with E-state index in [0.29, 0.717) is 0 Å². The molecule has 3 aromatic rings. The van der Waals surface area contributed by atoms with Crippen molar-refractivity contribution in [3.63, 3.8) is 0 Å². The van der Waals surface area contributed by atoms with E-state index < -0.39 is 0 Å². The van der Waals surface area contributed by atoms with Crippen LogP contribution in [0.2, 0.25) is 5.02 Å². The van der Waals surface area contributed by atoms with Crippen LogP contribution >= 0.6 is 11.6 Å². The lowest BCUT2D eigenvalue weighted by atomic mass is 10.2. The van der Waals surface area contributed by atoms with Gasteiger partial charge in [-0.15, -0.1) is 0 Å². The molecule has 4 nitrogen and oxygen atoms in total. The first kappa shape index (κ1) is 12.9. The predicted octanol–water partition coefficient (Wildman–Crippen LogP) is 2.89. The van der Waals surface area contributed by atoms with Gasteiger partial charge in [0.2, 0.25) is 0 Å². The third kappa shape index (κ3) is 2.15. The van der Waals surface area contributed by atoms with Gasteiger partial charge in [-0.1, -0.05) is 11.6 Å². The Balaban J connectivity index is 1.91. The van der Waals surface area contributed by atoms with Crippen LogP contribution in [0.4, 0.5) is 5.82 Å². The summed E-state index contributed by atoms with van der Waals surface area (Å²) in [4.78, 5) is 9.63. The van der Waals surface area contributed by atoms with Crippen LogP contribution in [-0.2, 0) is 0 Å². The third-order valence-corrected chi connectivity index (χ3v) is 4.44. The van der Waals surface area contributed by atoms with Gasteiger partial charge in [-0.3, -0.25) is 0 Å². The Morgan fingerprint density at radius 1 is 1.05 bits per heavy atom. The van der Waals surface area contributed by atoms with Gasteiger partial charge in [-0.05, 0) is 37.4 Å². The Kier molecular flexibility index (Phi) is 3.01. The Labute approximate surface area is 128 Å². The van der Waals surface area contributed by atoms with Crippen LogP contribution in [0, 0.1) is 0 Å². The molecular weight excluding hydrogens is 284 g/mol. The molecule has 0 spiro atoms. The van der Waals surface area contributed by atoms with Crippen molar-refractivity contribution in [1.82, 2.24) is 14.3 Å². The second kappa shape index (κ2) is 4.90. The fourth-order valence-electron chi connectivity index (χ4n) is 2.98. The molecule has 1 saturated heterocycles. The maximum Gasteiger partial charge on any atom is 0.153 e. The number of halogens is 1. The van der Waals surface area contributed by atoms with Crippen LogP contribution in [-0.4, -0.2) is 47.5 Å². The van der Waals surface area contributed by atoms with Gasteiger partial charge in [0.25, 0.3) is 0 Å². The van der Waals surface area contributed by atoms with E-state index in [4.69, 9.17) is 16.6 Å². The van der Waals surface area contributed by atoms with E-state index in [0.717, 1.165) is 53.6 Å². The maximum absolute atomic E-state index is 6.13. The standard InChI is InChI=1S/C16H17ClN4/c1-19-7-9-20(10-8-19)16-14-3-2-6-21(14)15-11-12(17)4-5-13(15)18-16/h2-6,11H,7-10H2,1H3. The van der Waals surface area contributed by atoms with Crippen LogP contribution in [0.3, 0.4) is 0 Å². The first-order valence-corrected chi connectivity index (χ1v) is 7.60. The molecule has 2 aromatic heterocycles. The molecule has 4 rings (SSSR count). The van der Waals surface area contributed by atoms with E-state index in [1.54, 1.807) is 0 Å². The summed E-state index contributed by atoms with van der Waals surface area (Å²) in [6, 6.07) is 10.1. The highest BCUT2D eigenvalue weighted by molar-refractivity contribution is 6.31. The van der Waals surface area contributed by atoms with Crippen LogP contribution in [0.15, 0.2) is 36.5 Å². The zero-order chi connectivity index (χ0) is 14.4. The molecule has 0 radical (unpaired) electrons. The van der Waals surface area contributed by atoms with Crippen LogP contribution in [0.25, 0.3) is 16.6 Å². The molecule has 0 atom stereocenters. The van der Waals surface area contributed by atoms with Gasteiger partial charge in [0.1, 0.15) is 0 Å². The molecule has 0 saturated carbocycles. The van der Waals surface area contributed by atoms with Gasteiger partial charge in [0.15, 0.2) is 5.82 Å². The molecule has 0 amide bonds. The number of likely N-dealkylation sites (N-methyl/N-ethyl adjacent to an activating group) is 1. The highest BCUT2D eigenvalue weighted by Gasteiger charge is 2.19. The molecule has 0 unspecified atom stereocenters. The highest BCUT2D eigenvalue weighted by Crippen LogP contribution is 2.27. The fraction of sp³-hybridized carbons (Fsp3) is 0.312. The monoisotopic (exact) mass is 300 g/mol.